The molecule has 0 atom stereocenters. The van der Waals surface area contributed by atoms with Gasteiger partial charge in [-0.25, -0.2) is 4.39 Å². The first-order valence-corrected chi connectivity index (χ1v) is 5.90. The third-order valence-corrected chi connectivity index (χ3v) is 2.57. The number of hydrogen-bond donors (Lipinski definition) is 2. The maximum atomic E-state index is 13.2. The Balaban J connectivity index is 2.51. The zero-order valence-electron chi connectivity index (χ0n) is 11.4. The third-order valence-electron chi connectivity index (χ3n) is 2.57. The van der Waals surface area contributed by atoms with Crippen LogP contribution in [-0.4, -0.2) is 29.0 Å². The first kappa shape index (κ1) is 14.4. The molecule has 0 unspecified atom stereocenters. The first-order chi connectivity index (χ1) is 9.88. The standard InChI is InChI=1S/C12H13FN6O2/c1-18(2)12-16-10(14)9(19(20)21)11(17-12)15-8-5-3-4-7(13)6-8/h3-6H,1-2H3,(H3,14,15,16,17). The lowest BCUT2D eigenvalue weighted by molar-refractivity contribution is -0.383. The third kappa shape index (κ3) is 3.14. The average Bonchev–Trinajstić information content (AvgIpc) is 2.37. The van der Waals surface area contributed by atoms with Gasteiger partial charge in [-0.05, 0) is 18.2 Å². The summed E-state index contributed by atoms with van der Waals surface area (Å²) in [7, 11) is 3.35. The zero-order valence-corrected chi connectivity index (χ0v) is 11.4. The molecule has 2 rings (SSSR count). The molecule has 1 aromatic carbocycles. The van der Waals surface area contributed by atoms with Gasteiger partial charge in [0.05, 0.1) is 4.92 Å². The van der Waals surface area contributed by atoms with Crippen molar-refractivity contribution in [2.75, 3.05) is 30.0 Å². The van der Waals surface area contributed by atoms with Crippen LogP contribution in [0.2, 0.25) is 0 Å². The number of benzene rings is 1. The molecule has 1 heterocycles. The Morgan fingerprint density at radius 1 is 1.38 bits per heavy atom. The molecule has 0 aliphatic carbocycles. The zero-order chi connectivity index (χ0) is 15.6. The van der Waals surface area contributed by atoms with E-state index in [0.717, 1.165) is 0 Å². The monoisotopic (exact) mass is 292 g/mol. The van der Waals surface area contributed by atoms with Crippen LogP contribution < -0.4 is 16.0 Å². The number of nitro groups is 1. The van der Waals surface area contributed by atoms with Crippen LogP contribution in [0, 0.1) is 15.9 Å². The van der Waals surface area contributed by atoms with Crippen LogP contribution in [0.5, 0.6) is 0 Å². The molecule has 0 aliphatic heterocycles. The summed E-state index contributed by atoms with van der Waals surface area (Å²) in [5.74, 6) is -0.631. The summed E-state index contributed by atoms with van der Waals surface area (Å²) in [6.45, 7) is 0. The van der Waals surface area contributed by atoms with Crippen molar-refractivity contribution in [2.24, 2.45) is 0 Å². The highest BCUT2D eigenvalue weighted by Crippen LogP contribution is 2.31. The Hall–Kier alpha value is -2.97. The second-order valence-electron chi connectivity index (χ2n) is 4.39. The average molecular weight is 292 g/mol. The molecule has 0 radical (unpaired) electrons. The number of anilines is 4. The topological polar surface area (TPSA) is 110 Å². The van der Waals surface area contributed by atoms with Gasteiger partial charge in [-0.2, -0.15) is 9.97 Å². The maximum Gasteiger partial charge on any atom is 0.353 e. The van der Waals surface area contributed by atoms with Crippen molar-refractivity contribution in [1.29, 1.82) is 0 Å². The number of nitrogens with one attached hydrogen (secondary N) is 1. The van der Waals surface area contributed by atoms with E-state index in [4.69, 9.17) is 5.73 Å². The minimum atomic E-state index is -0.684. The van der Waals surface area contributed by atoms with Crippen molar-refractivity contribution in [1.82, 2.24) is 9.97 Å². The predicted octanol–water partition coefficient (Wildman–Crippen LogP) is 1.92. The molecule has 0 spiro atoms. The number of nitrogen functional groups attached to an aromatic ring is 1. The molecular weight excluding hydrogens is 279 g/mol. The van der Waals surface area contributed by atoms with Crippen molar-refractivity contribution in [3.63, 3.8) is 0 Å². The number of hydrogen-bond acceptors (Lipinski definition) is 7. The molecule has 2 aromatic rings. The van der Waals surface area contributed by atoms with Crippen LogP contribution in [0.1, 0.15) is 0 Å². The van der Waals surface area contributed by atoms with Crippen LogP contribution >= 0.6 is 0 Å². The second-order valence-corrected chi connectivity index (χ2v) is 4.39. The molecule has 1 aromatic heterocycles. The number of aromatic nitrogens is 2. The van der Waals surface area contributed by atoms with E-state index < -0.39 is 16.4 Å². The maximum absolute atomic E-state index is 13.2. The van der Waals surface area contributed by atoms with E-state index in [9.17, 15) is 14.5 Å². The van der Waals surface area contributed by atoms with Gasteiger partial charge in [0.2, 0.25) is 17.6 Å². The van der Waals surface area contributed by atoms with Gasteiger partial charge in [-0.3, -0.25) is 10.1 Å². The van der Waals surface area contributed by atoms with E-state index in [0.29, 0.717) is 5.69 Å². The molecule has 0 saturated heterocycles. The molecule has 0 fully saturated rings. The number of rotatable bonds is 4. The Morgan fingerprint density at radius 3 is 2.67 bits per heavy atom. The van der Waals surface area contributed by atoms with Crippen molar-refractivity contribution in [3.8, 4) is 0 Å². The highest BCUT2D eigenvalue weighted by molar-refractivity contribution is 5.74. The number of nitrogens with two attached hydrogens (primary N) is 1. The van der Waals surface area contributed by atoms with Crippen molar-refractivity contribution >= 4 is 29.0 Å². The fourth-order valence-corrected chi connectivity index (χ4v) is 1.63. The summed E-state index contributed by atoms with van der Waals surface area (Å²) in [5.41, 5.74) is 5.48. The second kappa shape index (κ2) is 5.57. The van der Waals surface area contributed by atoms with E-state index >= 15 is 0 Å². The van der Waals surface area contributed by atoms with Gasteiger partial charge in [-0.15, -0.1) is 0 Å². The Bertz CT molecular complexity index is 691. The molecule has 0 saturated carbocycles. The normalized spacial score (nSPS) is 10.2. The van der Waals surface area contributed by atoms with E-state index in [2.05, 4.69) is 15.3 Å². The van der Waals surface area contributed by atoms with Crippen LogP contribution in [0.3, 0.4) is 0 Å². The summed E-state index contributed by atoms with van der Waals surface area (Å²) in [4.78, 5) is 19.9. The van der Waals surface area contributed by atoms with Crippen molar-refractivity contribution in [2.45, 2.75) is 0 Å². The van der Waals surface area contributed by atoms with E-state index in [1.54, 1.807) is 25.1 Å². The summed E-state index contributed by atoms with van der Waals surface area (Å²) in [5, 5.41) is 13.8. The molecule has 110 valence electrons. The van der Waals surface area contributed by atoms with Gasteiger partial charge in [0, 0.05) is 19.8 Å². The number of halogens is 1. The summed E-state index contributed by atoms with van der Waals surface area (Å²) in [6, 6.07) is 5.48. The van der Waals surface area contributed by atoms with E-state index in [1.807, 2.05) is 0 Å². The fraction of sp³-hybridized carbons (Fsp3) is 0.167. The van der Waals surface area contributed by atoms with Crippen molar-refractivity contribution < 1.29 is 9.31 Å². The predicted molar refractivity (Wildman–Crippen MR) is 77.1 cm³/mol. The Morgan fingerprint density at radius 2 is 2.10 bits per heavy atom. The summed E-state index contributed by atoms with van der Waals surface area (Å²) in [6.07, 6.45) is 0. The molecule has 9 heteroatoms. The molecule has 8 nitrogen and oxygen atoms in total. The van der Waals surface area contributed by atoms with E-state index in [1.165, 1.54) is 18.2 Å². The smallest absolute Gasteiger partial charge is 0.353 e. The number of nitrogens with zero attached hydrogens (tertiary/aromatic N) is 4. The van der Waals surface area contributed by atoms with Crippen LogP contribution in [0.25, 0.3) is 0 Å². The van der Waals surface area contributed by atoms with Crippen molar-refractivity contribution in [3.05, 3.63) is 40.2 Å². The Kier molecular flexibility index (Phi) is 3.83. The summed E-state index contributed by atoms with van der Waals surface area (Å²) < 4.78 is 13.2. The van der Waals surface area contributed by atoms with Gasteiger partial charge in [0.15, 0.2) is 0 Å². The minimum absolute atomic E-state index is 0.0956. The molecule has 3 N–H and O–H groups in total. The highest BCUT2D eigenvalue weighted by atomic mass is 19.1. The fourth-order valence-electron chi connectivity index (χ4n) is 1.63. The molecule has 0 amide bonds. The van der Waals surface area contributed by atoms with Crippen LogP contribution in [-0.2, 0) is 0 Å². The molecular formula is C12H13FN6O2. The highest BCUT2D eigenvalue weighted by Gasteiger charge is 2.23. The Labute approximate surface area is 119 Å². The SMILES string of the molecule is CN(C)c1nc(N)c([N+](=O)[O-])c(Nc2cccc(F)c2)n1. The molecule has 21 heavy (non-hydrogen) atoms. The van der Waals surface area contributed by atoms with E-state index in [-0.39, 0.29) is 17.6 Å². The van der Waals surface area contributed by atoms with Gasteiger partial charge in [0.1, 0.15) is 5.82 Å². The molecule has 0 aliphatic rings. The van der Waals surface area contributed by atoms with Gasteiger partial charge < -0.3 is 16.0 Å². The van der Waals surface area contributed by atoms with Gasteiger partial charge in [0.25, 0.3) is 0 Å². The lowest BCUT2D eigenvalue weighted by Gasteiger charge is -2.13. The largest absolute Gasteiger partial charge is 0.378 e. The van der Waals surface area contributed by atoms with Crippen LogP contribution in [0.15, 0.2) is 24.3 Å². The summed E-state index contributed by atoms with van der Waals surface area (Å²) >= 11 is 0. The van der Waals surface area contributed by atoms with Gasteiger partial charge >= 0.3 is 5.69 Å². The minimum Gasteiger partial charge on any atom is -0.378 e. The lowest BCUT2D eigenvalue weighted by atomic mass is 10.3. The van der Waals surface area contributed by atoms with Crippen LogP contribution in [0.4, 0.5) is 33.3 Å². The quantitative estimate of drug-likeness (QED) is 0.654. The van der Waals surface area contributed by atoms with Gasteiger partial charge in [-0.1, -0.05) is 6.07 Å². The molecule has 0 bridgehead atoms. The first-order valence-electron chi connectivity index (χ1n) is 5.90. The lowest BCUT2D eigenvalue weighted by Crippen LogP contribution is -2.16.